The third-order valence-electron chi connectivity index (χ3n) is 4.48. The highest BCUT2D eigenvalue weighted by Gasteiger charge is 2.15. The fraction of sp³-hybridized carbons (Fsp3) is 0.286. The van der Waals surface area contributed by atoms with E-state index in [2.05, 4.69) is 15.3 Å². The van der Waals surface area contributed by atoms with E-state index in [1.807, 2.05) is 38.1 Å². The molecule has 1 aromatic heterocycles. The van der Waals surface area contributed by atoms with Gasteiger partial charge in [0, 0.05) is 18.4 Å². The number of nitrogens with zero attached hydrogens (tertiary/aromatic N) is 1. The largest absolute Gasteiger partial charge is 0.496 e. The van der Waals surface area contributed by atoms with Crippen LogP contribution in [-0.4, -0.2) is 23.0 Å². The lowest BCUT2D eigenvalue weighted by Gasteiger charge is -2.18. The number of rotatable bonds is 6. The van der Waals surface area contributed by atoms with E-state index in [0.29, 0.717) is 23.1 Å². The van der Waals surface area contributed by atoms with Gasteiger partial charge in [-0.2, -0.15) is 0 Å². The third-order valence-corrected chi connectivity index (χ3v) is 4.48. The second-order valence-corrected chi connectivity index (χ2v) is 6.56. The van der Waals surface area contributed by atoms with Gasteiger partial charge in [-0.25, -0.2) is 4.98 Å². The molecule has 2 aromatic carbocycles. The molecule has 27 heavy (non-hydrogen) atoms. The van der Waals surface area contributed by atoms with Crippen LogP contribution in [0, 0.1) is 6.92 Å². The second-order valence-electron chi connectivity index (χ2n) is 6.56. The van der Waals surface area contributed by atoms with Gasteiger partial charge >= 0.3 is 0 Å². The number of fused-ring (bicyclic) bond motifs is 1. The molecule has 6 nitrogen and oxygen atoms in total. The second kappa shape index (κ2) is 8.03. The maximum atomic E-state index is 12.4. The highest BCUT2D eigenvalue weighted by Crippen LogP contribution is 2.26. The van der Waals surface area contributed by atoms with Crippen LogP contribution in [0.15, 0.2) is 47.3 Å². The van der Waals surface area contributed by atoms with Crippen LogP contribution in [0.4, 0.5) is 0 Å². The first kappa shape index (κ1) is 18.6. The molecule has 0 bridgehead atoms. The Morgan fingerprint density at radius 1 is 1.26 bits per heavy atom. The predicted molar refractivity (Wildman–Crippen MR) is 105 cm³/mol. The standard InChI is InChI=1S/C21H23N3O3/c1-13-8-9-18(27-3)16(12-13)14(2)22-20(25)11-10-19-23-17-7-5-4-6-15(17)21(26)24-19/h4-9,12,14H,10-11H2,1-3H3,(H,22,25)(H,23,24,26). The summed E-state index contributed by atoms with van der Waals surface area (Å²) < 4.78 is 5.39. The van der Waals surface area contributed by atoms with E-state index in [4.69, 9.17) is 4.74 Å². The number of methoxy groups -OCH3 is 1. The molecule has 0 fully saturated rings. The number of benzene rings is 2. The van der Waals surface area contributed by atoms with E-state index in [1.165, 1.54) is 0 Å². The fourth-order valence-electron chi connectivity index (χ4n) is 3.07. The third kappa shape index (κ3) is 4.34. The molecule has 0 saturated heterocycles. The Bertz CT molecular complexity index is 1030. The Morgan fingerprint density at radius 3 is 2.81 bits per heavy atom. The molecule has 0 spiro atoms. The number of nitrogens with one attached hydrogen (secondary N) is 2. The van der Waals surface area contributed by atoms with Crippen LogP contribution in [0.3, 0.4) is 0 Å². The van der Waals surface area contributed by atoms with Crippen molar-refractivity contribution in [2.45, 2.75) is 32.7 Å². The van der Waals surface area contributed by atoms with Crippen LogP contribution in [0.25, 0.3) is 10.9 Å². The average molecular weight is 365 g/mol. The number of H-pyrrole nitrogens is 1. The summed E-state index contributed by atoms with van der Waals surface area (Å²) in [6.07, 6.45) is 0.601. The Morgan fingerprint density at radius 2 is 2.04 bits per heavy atom. The first-order valence-electron chi connectivity index (χ1n) is 8.90. The number of carbonyl (C=O) groups is 1. The number of ether oxygens (including phenoxy) is 1. The number of para-hydroxylation sites is 1. The smallest absolute Gasteiger partial charge is 0.258 e. The molecule has 0 saturated carbocycles. The number of aromatic amines is 1. The Balaban J connectivity index is 1.66. The Kier molecular flexibility index (Phi) is 5.54. The molecular formula is C21H23N3O3. The Hall–Kier alpha value is -3.15. The highest BCUT2D eigenvalue weighted by molar-refractivity contribution is 5.78. The average Bonchev–Trinajstić information content (AvgIpc) is 2.66. The van der Waals surface area contributed by atoms with Crippen LogP contribution in [-0.2, 0) is 11.2 Å². The van der Waals surface area contributed by atoms with Crippen LogP contribution >= 0.6 is 0 Å². The zero-order chi connectivity index (χ0) is 19.4. The van der Waals surface area contributed by atoms with Crippen molar-refractivity contribution in [2.24, 2.45) is 0 Å². The number of aryl methyl sites for hydroxylation is 2. The topological polar surface area (TPSA) is 84.1 Å². The quantitative estimate of drug-likeness (QED) is 0.703. The summed E-state index contributed by atoms with van der Waals surface area (Å²) in [5.41, 5.74) is 2.48. The zero-order valence-electron chi connectivity index (χ0n) is 15.7. The number of hydrogen-bond acceptors (Lipinski definition) is 4. The Labute approximate surface area is 157 Å². The van der Waals surface area contributed by atoms with Gasteiger partial charge in [0.1, 0.15) is 11.6 Å². The molecule has 1 atom stereocenters. The molecule has 1 heterocycles. The van der Waals surface area contributed by atoms with Gasteiger partial charge in [-0.15, -0.1) is 0 Å². The van der Waals surface area contributed by atoms with Crippen molar-refractivity contribution in [3.8, 4) is 5.75 Å². The van der Waals surface area contributed by atoms with E-state index in [-0.39, 0.29) is 23.9 Å². The van der Waals surface area contributed by atoms with Gasteiger partial charge < -0.3 is 15.0 Å². The maximum absolute atomic E-state index is 12.4. The van der Waals surface area contributed by atoms with Gasteiger partial charge in [-0.1, -0.05) is 29.8 Å². The summed E-state index contributed by atoms with van der Waals surface area (Å²) in [6.45, 7) is 3.92. The summed E-state index contributed by atoms with van der Waals surface area (Å²) in [5.74, 6) is 1.14. The van der Waals surface area contributed by atoms with E-state index in [0.717, 1.165) is 16.9 Å². The van der Waals surface area contributed by atoms with Crippen molar-refractivity contribution >= 4 is 16.8 Å². The lowest BCUT2D eigenvalue weighted by molar-refractivity contribution is -0.121. The van der Waals surface area contributed by atoms with Crippen LogP contribution in [0.2, 0.25) is 0 Å². The number of hydrogen-bond donors (Lipinski definition) is 2. The molecule has 3 aromatic rings. The summed E-state index contributed by atoms with van der Waals surface area (Å²) in [4.78, 5) is 31.6. The zero-order valence-corrected chi connectivity index (χ0v) is 15.7. The highest BCUT2D eigenvalue weighted by atomic mass is 16.5. The minimum atomic E-state index is -0.186. The molecule has 140 valence electrons. The molecule has 0 aliphatic rings. The normalized spacial score (nSPS) is 12.0. The van der Waals surface area contributed by atoms with Gasteiger partial charge in [0.25, 0.3) is 5.56 Å². The van der Waals surface area contributed by atoms with Gasteiger partial charge in [-0.05, 0) is 32.0 Å². The number of aromatic nitrogens is 2. The molecule has 0 aliphatic heterocycles. The van der Waals surface area contributed by atoms with Crippen molar-refractivity contribution in [1.29, 1.82) is 0 Å². The lowest BCUT2D eigenvalue weighted by atomic mass is 10.0. The molecule has 6 heteroatoms. The molecule has 1 unspecified atom stereocenters. The molecule has 2 N–H and O–H groups in total. The van der Waals surface area contributed by atoms with Crippen molar-refractivity contribution in [3.63, 3.8) is 0 Å². The number of amides is 1. The summed E-state index contributed by atoms with van der Waals surface area (Å²) in [5, 5.41) is 3.53. The summed E-state index contributed by atoms with van der Waals surface area (Å²) in [7, 11) is 1.62. The molecule has 0 radical (unpaired) electrons. The molecular weight excluding hydrogens is 342 g/mol. The van der Waals surface area contributed by atoms with Crippen LogP contribution < -0.4 is 15.6 Å². The minimum absolute atomic E-state index is 0.109. The van der Waals surface area contributed by atoms with Crippen LogP contribution in [0.1, 0.15) is 36.3 Å². The first-order chi connectivity index (χ1) is 13.0. The van der Waals surface area contributed by atoms with E-state index in [1.54, 1.807) is 25.3 Å². The van der Waals surface area contributed by atoms with E-state index >= 15 is 0 Å². The van der Waals surface area contributed by atoms with Crippen molar-refractivity contribution in [3.05, 3.63) is 69.8 Å². The van der Waals surface area contributed by atoms with E-state index < -0.39 is 0 Å². The number of carbonyl (C=O) groups excluding carboxylic acids is 1. The lowest BCUT2D eigenvalue weighted by Crippen LogP contribution is -2.27. The minimum Gasteiger partial charge on any atom is -0.496 e. The summed E-state index contributed by atoms with van der Waals surface area (Å²) in [6, 6.07) is 12.8. The molecule has 0 aliphatic carbocycles. The van der Waals surface area contributed by atoms with Crippen molar-refractivity contribution in [1.82, 2.24) is 15.3 Å². The monoisotopic (exact) mass is 365 g/mol. The summed E-state index contributed by atoms with van der Waals surface area (Å²) >= 11 is 0. The molecule has 3 rings (SSSR count). The van der Waals surface area contributed by atoms with Crippen molar-refractivity contribution < 1.29 is 9.53 Å². The van der Waals surface area contributed by atoms with Gasteiger partial charge in [0.15, 0.2) is 0 Å². The van der Waals surface area contributed by atoms with Gasteiger partial charge in [0.2, 0.25) is 5.91 Å². The molecule has 1 amide bonds. The van der Waals surface area contributed by atoms with Gasteiger partial charge in [0.05, 0.1) is 24.1 Å². The SMILES string of the molecule is COc1ccc(C)cc1C(C)NC(=O)CCc1nc2ccccc2c(=O)[nH]1. The predicted octanol–water partition coefficient (Wildman–Crippen LogP) is 3.05. The van der Waals surface area contributed by atoms with E-state index in [9.17, 15) is 9.59 Å². The van der Waals surface area contributed by atoms with Gasteiger partial charge in [-0.3, -0.25) is 9.59 Å². The van der Waals surface area contributed by atoms with Crippen LogP contribution in [0.5, 0.6) is 5.75 Å². The first-order valence-corrected chi connectivity index (χ1v) is 8.90. The maximum Gasteiger partial charge on any atom is 0.258 e. The van der Waals surface area contributed by atoms with Crippen molar-refractivity contribution in [2.75, 3.05) is 7.11 Å². The fourth-order valence-corrected chi connectivity index (χ4v) is 3.07.